The first-order valence-corrected chi connectivity index (χ1v) is 7.58. The molecule has 1 aliphatic carbocycles. The number of hydrogen-bond donors (Lipinski definition) is 1. The number of carbonyl (C=O) groups excluding carboxylic acids is 2. The van der Waals surface area contributed by atoms with E-state index in [9.17, 15) is 9.59 Å². The molecule has 1 heterocycles. The van der Waals surface area contributed by atoms with Crippen LogP contribution < -0.4 is 5.32 Å². The van der Waals surface area contributed by atoms with Gasteiger partial charge in [0.2, 0.25) is 11.8 Å². The summed E-state index contributed by atoms with van der Waals surface area (Å²) in [4.78, 5) is 26.9. The van der Waals surface area contributed by atoms with E-state index in [4.69, 9.17) is 0 Å². The van der Waals surface area contributed by atoms with Gasteiger partial charge >= 0.3 is 0 Å². The Balaban J connectivity index is 1.90. The van der Waals surface area contributed by atoms with Crippen LogP contribution in [0.2, 0.25) is 0 Å². The summed E-state index contributed by atoms with van der Waals surface area (Å²) in [5.74, 6) is 0.342. The molecule has 1 saturated heterocycles. The van der Waals surface area contributed by atoms with Crippen molar-refractivity contribution in [2.75, 3.05) is 0 Å². The van der Waals surface area contributed by atoms with E-state index >= 15 is 0 Å². The van der Waals surface area contributed by atoms with E-state index in [-0.39, 0.29) is 17.9 Å². The molecule has 4 heteroatoms. The lowest BCUT2D eigenvalue weighted by Crippen LogP contribution is -2.68. The van der Waals surface area contributed by atoms with E-state index in [1.807, 2.05) is 45.0 Å². The molecular formula is C17H22N2O2. The van der Waals surface area contributed by atoms with Gasteiger partial charge < -0.3 is 10.2 Å². The summed E-state index contributed by atoms with van der Waals surface area (Å²) >= 11 is 0. The van der Waals surface area contributed by atoms with E-state index in [1.165, 1.54) is 0 Å². The first kappa shape index (κ1) is 14.1. The van der Waals surface area contributed by atoms with Gasteiger partial charge in [0.05, 0.1) is 0 Å². The lowest BCUT2D eigenvalue weighted by molar-refractivity contribution is -0.156. The molecule has 0 radical (unpaired) electrons. The van der Waals surface area contributed by atoms with Crippen LogP contribution in [0.4, 0.5) is 0 Å². The van der Waals surface area contributed by atoms with Crippen molar-refractivity contribution in [2.45, 2.75) is 51.7 Å². The molecule has 1 unspecified atom stereocenters. The molecule has 1 atom stereocenters. The molecule has 0 bridgehead atoms. The van der Waals surface area contributed by atoms with Gasteiger partial charge in [-0.2, -0.15) is 0 Å². The van der Waals surface area contributed by atoms with Crippen molar-refractivity contribution in [1.29, 1.82) is 0 Å². The highest BCUT2D eigenvalue weighted by atomic mass is 16.2. The number of hydrogen-bond acceptors (Lipinski definition) is 2. The number of aryl methyl sites for hydroxylation is 1. The van der Waals surface area contributed by atoms with Crippen molar-refractivity contribution >= 4 is 11.8 Å². The highest BCUT2D eigenvalue weighted by Gasteiger charge is 2.50. The van der Waals surface area contributed by atoms with Gasteiger partial charge in [0.25, 0.3) is 0 Å². The minimum atomic E-state index is -0.801. The molecule has 2 fully saturated rings. The molecule has 1 aliphatic heterocycles. The number of benzene rings is 1. The van der Waals surface area contributed by atoms with Crippen molar-refractivity contribution in [3.8, 4) is 0 Å². The van der Waals surface area contributed by atoms with Crippen molar-refractivity contribution in [2.24, 2.45) is 5.92 Å². The molecule has 4 nitrogen and oxygen atoms in total. The van der Waals surface area contributed by atoms with E-state index < -0.39 is 5.54 Å². The lowest BCUT2D eigenvalue weighted by atomic mass is 9.92. The molecule has 0 aromatic heterocycles. The summed E-state index contributed by atoms with van der Waals surface area (Å²) in [6, 6.07) is 7.70. The predicted octanol–water partition coefficient (Wildman–Crippen LogP) is 2.01. The molecule has 1 aromatic carbocycles. The van der Waals surface area contributed by atoms with Crippen molar-refractivity contribution in [3.05, 3.63) is 35.4 Å². The molecule has 3 rings (SSSR count). The van der Waals surface area contributed by atoms with Crippen molar-refractivity contribution < 1.29 is 9.59 Å². The highest BCUT2D eigenvalue weighted by molar-refractivity contribution is 5.99. The Morgan fingerprint density at radius 1 is 1.24 bits per heavy atom. The maximum atomic E-state index is 12.8. The summed E-state index contributed by atoms with van der Waals surface area (Å²) in [6.45, 7) is 6.17. The standard InChI is InChI=1S/C17H22N2O2/c1-11-6-4-5-7-13(11)10-19-15(20)14(12-8-9-12)18-16(21)17(19,2)3/h4-7,12,14H,8-10H2,1-3H3,(H,18,21). The number of carbonyl (C=O) groups is 2. The average Bonchev–Trinajstić information content (AvgIpc) is 3.25. The van der Waals surface area contributed by atoms with Crippen LogP contribution in [0.5, 0.6) is 0 Å². The first-order chi connectivity index (χ1) is 9.91. The van der Waals surface area contributed by atoms with Gasteiger partial charge in [0, 0.05) is 6.54 Å². The van der Waals surface area contributed by atoms with Gasteiger partial charge in [-0.3, -0.25) is 9.59 Å². The van der Waals surface area contributed by atoms with Gasteiger partial charge in [0.1, 0.15) is 11.6 Å². The zero-order chi connectivity index (χ0) is 15.2. The molecule has 1 saturated carbocycles. The molecule has 2 amide bonds. The Bertz CT molecular complexity index is 590. The summed E-state index contributed by atoms with van der Waals surface area (Å²) in [5.41, 5.74) is 1.45. The second-order valence-electron chi connectivity index (χ2n) is 6.70. The van der Waals surface area contributed by atoms with Gasteiger partial charge in [0.15, 0.2) is 0 Å². The van der Waals surface area contributed by atoms with Crippen LogP contribution in [-0.4, -0.2) is 28.3 Å². The number of nitrogens with one attached hydrogen (secondary N) is 1. The quantitative estimate of drug-likeness (QED) is 0.924. The predicted molar refractivity (Wildman–Crippen MR) is 80.5 cm³/mol. The monoisotopic (exact) mass is 286 g/mol. The number of nitrogens with zero attached hydrogens (tertiary/aromatic N) is 1. The molecule has 21 heavy (non-hydrogen) atoms. The fourth-order valence-electron chi connectivity index (χ4n) is 2.93. The van der Waals surface area contributed by atoms with Crippen molar-refractivity contribution in [1.82, 2.24) is 10.2 Å². The van der Waals surface area contributed by atoms with Gasteiger partial charge in [-0.15, -0.1) is 0 Å². The summed E-state index contributed by atoms with van der Waals surface area (Å²) in [7, 11) is 0. The second kappa shape index (κ2) is 4.86. The Labute approximate surface area is 125 Å². The third-order valence-corrected chi connectivity index (χ3v) is 4.73. The van der Waals surface area contributed by atoms with E-state index in [2.05, 4.69) is 5.32 Å². The Kier molecular flexibility index (Phi) is 3.27. The zero-order valence-electron chi connectivity index (χ0n) is 12.8. The number of amides is 2. The van der Waals surface area contributed by atoms with Crippen LogP contribution in [-0.2, 0) is 16.1 Å². The Hall–Kier alpha value is -1.84. The molecule has 1 aromatic rings. The van der Waals surface area contributed by atoms with Crippen molar-refractivity contribution in [3.63, 3.8) is 0 Å². The minimum absolute atomic E-state index is 0.0485. The third kappa shape index (κ3) is 2.43. The van der Waals surface area contributed by atoms with E-state index in [0.29, 0.717) is 12.5 Å². The molecule has 2 aliphatic rings. The normalized spacial score (nSPS) is 24.9. The fourth-order valence-corrected chi connectivity index (χ4v) is 2.93. The van der Waals surface area contributed by atoms with Gasteiger partial charge in [-0.1, -0.05) is 24.3 Å². The lowest BCUT2D eigenvalue weighted by Gasteiger charge is -2.44. The molecule has 112 valence electrons. The van der Waals surface area contributed by atoms with E-state index in [0.717, 1.165) is 24.0 Å². The van der Waals surface area contributed by atoms with Gasteiger partial charge in [-0.25, -0.2) is 0 Å². The smallest absolute Gasteiger partial charge is 0.246 e. The minimum Gasteiger partial charge on any atom is -0.342 e. The largest absolute Gasteiger partial charge is 0.342 e. The zero-order valence-corrected chi connectivity index (χ0v) is 12.8. The van der Waals surface area contributed by atoms with Crippen LogP contribution >= 0.6 is 0 Å². The number of piperazine rings is 1. The maximum Gasteiger partial charge on any atom is 0.246 e. The highest BCUT2D eigenvalue weighted by Crippen LogP contribution is 2.37. The van der Waals surface area contributed by atoms with Crippen LogP contribution in [0.15, 0.2) is 24.3 Å². The molecule has 0 spiro atoms. The van der Waals surface area contributed by atoms with Crippen LogP contribution in [0.3, 0.4) is 0 Å². The molecular weight excluding hydrogens is 264 g/mol. The van der Waals surface area contributed by atoms with E-state index in [1.54, 1.807) is 4.90 Å². The summed E-state index contributed by atoms with van der Waals surface area (Å²) in [6.07, 6.45) is 2.07. The van der Waals surface area contributed by atoms with Gasteiger partial charge in [-0.05, 0) is 50.7 Å². The van der Waals surface area contributed by atoms with Crippen LogP contribution in [0.1, 0.15) is 37.8 Å². The summed E-state index contributed by atoms with van der Waals surface area (Å²) in [5, 5.41) is 2.92. The third-order valence-electron chi connectivity index (χ3n) is 4.73. The Morgan fingerprint density at radius 2 is 1.90 bits per heavy atom. The van der Waals surface area contributed by atoms with Crippen LogP contribution in [0.25, 0.3) is 0 Å². The second-order valence-corrected chi connectivity index (χ2v) is 6.70. The Morgan fingerprint density at radius 3 is 2.52 bits per heavy atom. The fraction of sp³-hybridized carbons (Fsp3) is 0.529. The topological polar surface area (TPSA) is 49.4 Å². The first-order valence-electron chi connectivity index (χ1n) is 7.58. The summed E-state index contributed by atoms with van der Waals surface area (Å²) < 4.78 is 0. The SMILES string of the molecule is Cc1ccccc1CN1C(=O)C(C2CC2)NC(=O)C1(C)C. The van der Waals surface area contributed by atoms with Crippen LogP contribution in [0, 0.1) is 12.8 Å². The number of rotatable bonds is 3. The maximum absolute atomic E-state index is 12.8. The molecule has 1 N–H and O–H groups in total. The average molecular weight is 286 g/mol.